The predicted molar refractivity (Wildman–Crippen MR) is 52.7 cm³/mol. The second kappa shape index (κ2) is 2.34. The smallest absolute Gasteiger partial charge is 0.318 e. The maximum Gasteiger partial charge on any atom is 0.318 e. The summed E-state index contributed by atoms with van der Waals surface area (Å²) in [6, 6.07) is 0. The van der Waals surface area contributed by atoms with Crippen molar-refractivity contribution in [2.75, 3.05) is 0 Å². The molecule has 0 radical (unpaired) electrons. The van der Waals surface area contributed by atoms with Crippen molar-refractivity contribution in [1.29, 1.82) is 0 Å². The molecule has 0 aromatic rings. The lowest BCUT2D eigenvalue weighted by molar-refractivity contribution is -0.154. The summed E-state index contributed by atoms with van der Waals surface area (Å²) in [4.78, 5) is 23.4. The maximum absolute atomic E-state index is 11.7. The first-order valence-electron chi connectivity index (χ1n) is 5.42. The Labute approximate surface area is 88.5 Å². The molecule has 15 heavy (non-hydrogen) atoms. The van der Waals surface area contributed by atoms with Crippen molar-refractivity contribution < 1.29 is 14.3 Å². The van der Waals surface area contributed by atoms with Gasteiger partial charge in [0.15, 0.2) is 0 Å². The standard InChI is InChI=1S/C12H14O3/c1-11-3-5-12(2,6-4-11)8-7(11)9(13)15-10(8)14/h3,5,7-8H,4,6H2,1-2H3. The monoisotopic (exact) mass is 206 g/mol. The van der Waals surface area contributed by atoms with Gasteiger partial charge in [0.25, 0.3) is 0 Å². The van der Waals surface area contributed by atoms with Crippen molar-refractivity contribution in [2.24, 2.45) is 22.7 Å². The largest absolute Gasteiger partial charge is 0.393 e. The molecule has 1 saturated heterocycles. The Morgan fingerprint density at radius 2 is 1.47 bits per heavy atom. The van der Waals surface area contributed by atoms with E-state index in [-0.39, 0.29) is 34.6 Å². The fourth-order valence-corrected chi connectivity index (χ4v) is 3.40. The fraction of sp³-hybridized carbons (Fsp3) is 0.667. The first kappa shape index (κ1) is 9.13. The molecule has 3 aliphatic carbocycles. The van der Waals surface area contributed by atoms with Gasteiger partial charge in [-0.2, -0.15) is 0 Å². The number of allylic oxidation sites excluding steroid dienone is 2. The van der Waals surface area contributed by atoms with Crippen LogP contribution < -0.4 is 0 Å². The summed E-state index contributed by atoms with van der Waals surface area (Å²) in [5.41, 5.74) is -0.322. The lowest BCUT2D eigenvalue weighted by Gasteiger charge is -2.50. The minimum atomic E-state index is -0.317. The van der Waals surface area contributed by atoms with E-state index in [2.05, 4.69) is 26.0 Å². The molecule has 4 aliphatic rings. The molecule has 0 spiro atoms. The number of ether oxygens (including phenoxy) is 1. The minimum Gasteiger partial charge on any atom is -0.393 e. The zero-order valence-corrected chi connectivity index (χ0v) is 8.95. The normalized spacial score (nSPS) is 51.9. The van der Waals surface area contributed by atoms with Crippen molar-refractivity contribution >= 4 is 11.9 Å². The number of hydrogen-bond donors (Lipinski definition) is 0. The van der Waals surface area contributed by atoms with E-state index < -0.39 is 0 Å². The summed E-state index contributed by atoms with van der Waals surface area (Å²) >= 11 is 0. The van der Waals surface area contributed by atoms with Crippen LogP contribution in [0.4, 0.5) is 0 Å². The highest BCUT2D eigenvalue weighted by Gasteiger charge is 2.63. The van der Waals surface area contributed by atoms with E-state index in [9.17, 15) is 9.59 Å². The van der Waals surface area contributed by atoms with Gasteiger partial charge in [-0.25, -0.2) is 0 Å². The highest BCUT2D eigenvalue weighted by molar-refractivity contribution is 5.98. The van der Waals surface area contributed by atoms with Gasteiger partial charge < -0.3 is 4.74 Å². The van der Waals surface area contributed by atoms with Crippen LogP contribution in [0.5, 0.6) is 0 Å². The summed E-state index contributed by atoms with van der Waals surface area (Å²) < 4.78 is 4.80. The average Bonchev–Trinajstić information content (AvgIpc) is 2.48. The highest BCUT2D eigenvalue weighted by atomic mass is 16.6. The molecule has 1 aliphatic heterocycles. The van der Waals surface area contributed by atoms with Crippen LogP contribution in [0.15, 0.2) is 12.2 Å². The Hall–Kier alpha value is -1.12. The lowest BCUT2D eigenvalue weighted by Crippen LogP contribution is -2.50. The fourth-order valence-electron chi connectivity index (χ4n) is 3.40. The zero-order valence-electron chi connectivity index (χ0n) is 8.95. The third kappa shape index (κ3) is 0.912. The predicted octanol–water partition coefficient (Wildman–Crippen LogP) is 1.68. The molecule has 0 aromatic heterocycles. The zero-order chi connectivity index (χ0) is 10.8. The summed E-state index contributed by atoms with van der Waals surface area (Å²) in [7, 11) is 0. The molecule has 0 aromatic carbocycles. The van der Waals surface area contributed by atoms with E-state index in [1.165, 1.54) is 0 Å². The van der Waals surface area contributed by atoms with Gasteiger partial charge in [-0.1, -0.05) is 26.0 Å². The first-order valence-corrected chi connectivity index (χ1v) is 5.42. The number of carbonyl (C=O) groups is 2. The molecule has 4 unspecified atom stereocenters. The third-order valence-electron chi connectivity index (χ3n) is 4.51. The van der Waals surface area contributed by atoms with Gasteiger partial charge in [-0.05, 0) is 23.7 Å². The Morgan fingerprint density at radius 1 is 1.07 bits per heavy atom. The Kier molecular flexibility index (Phi) is 1.42. The summed E-state index contributed by atoms with van der Waals surface area (Å²) in [6.45, 7) is 4.11. The summed E-state index contributed by atoms with van der Waals surface area (Å²) in [6.07, 6.45) is 6.17. The molecule has 2 fully saturated rings. The Morgan fingerprint density at radius 3 is 1.80 bits per heavy atom. The molecule has 0 amide bonds. The third-order valence-corrected chi connectivity index (χ3v) is 4.51. The van der Waals surface area contributed by atoms with Gasteiger partial charge in [0, 0.05) is 0 Å². The average molecular weight is 206 g/mol. The second-order valence-electron chi connectivity index (χ2n) is 5.54. The number of fused-ring (bicyclic) bond motifs is 1. The van der Waals surface area contributed by atoms with Gasteiger partial charge in [0.2, 0.25) is 0 Å². The molecule has 1 saturated carbocycles. The van der Waals surface area contributed by atoms with E-state index in [1.807, 2.05) is 0 Å². The summed E-state index contributed by atoms with van der Waals surface area (Å²) in [5, 5.41) is 0. The SMILES string of the molecule is CC12C=CC(C)(CC1)C1C(=O)OC(=O)C12. The molecule has 1 heterocycles. The van der Waals surface area contributed by atoms with Crippen molar-refractivity contribution in [1.82, 2.24) is 0 Å². The number of esters is 2. The Bertz CT molecular complexity index is 362. The van der Waals surface area contributed by atoms with Crippen LogP contribution in [0.1, 0.15) is 26.7 Å². The maximum atomic E-state index is 11.7. The molecule has 4 atom stereocenters. The van der Waals surface area contributed by atoms with Crippen LogP contribution in [0.3, 0.4) is 0 Å². The number of hydrogen-bond acceptors (Lipinski definition) is 3. The molecule has 4 rings (SSSR count). The van der Waals surface area contributed by atoms with E-state index in [0.29, 0.717) is 0 Å². The van der Waals surface area contributed by atoms with Crippen LogP contribution in [0.2, 0.25) is 0 Å². The second-order valence-corrected chi connectivity index (χ2v) is 5.54. The first-order chi connectivity index (χ1) is 6.96. The molecule has 2 bridgehead atoms. The highest BCUT2D eigenvalue weighted by Crippen LogP contribution is 2.61. The quantitative estimate of drug-likeness (QED) is 0.344. The van der Waals surface area contributed by atoms with E-state index >= 15 is 0 Å². The van der Waals surface area contributed by atoms with E-state index in [1.54, 1.807) is 0 Å². The van der Waals surface area contributed by atoms with E-state index in [4.69, 9.17) is 4.74 Å². The van der Waals surface area contributed by atoms with Crippen molar-refractivity contribution in [3.63, 3.8) is 0 Å². The van der Waals surface area contributed by atoms with Gasteiger partial charge in [0.05, 0.1) is 11.8 Å². The molecule has 3 heteroatoms. The topological polar surface area (TPSA) is 43.4 Å². The van der Waals surface area contributed by atoms with Gasteiger partial charge >= 0.3 is 11.9 Å². The lowest BCUT2D eigenvalue weighted by atomic mass is 9.50. The summed E-state index contributed by atoms with van der Waals surface area (Å²) in [5.74, 6) is -1.12. The van der Waals surface area contributed by atoms with Crippen LogP contribution in [-0.2, 0) is 14.3 Å². The molecule has 0 N–H and O–H groups in total. The van der Waals surface area contributed by atoms with E-state index in [0.717, 1.165) is 12.8 Å². The number of rotatable bonds is 0. The van der Waals surface area contributed by atoms with Crippen LogP contribution >= 0.6 is 0 Å². The Balaban J connectivity index is 2.19. The van der Waals surface area contributed by atoms with Crippen molar-refractivity contribution in [2.45, 2.75) is 26.7 Å². The van der Waals surface area contributed by atoms with Gasteiger partial charge in [0.1, 0.15) is 0 Å². The van der Waals surface area contributed by atoms with Crippen LogP contribution in [-0.4, -0.2) is 11.9 Å². The molecule has 80 valence electrons. The minimum absolute atomic E-state index is 0.161. The van der Waals surface area contributed by atoms with Gasteiger partial charge in [-0.3, -0.25) is 9.59 Å². The number of cyclic esters (lactones) is 2. The number of carbonyl (C=O) groups excluding carboxylic acids is 2. The molecular weight excluding hydrogens is 192 g/mol. The molecular formula is C12H14O3. The van der Waals surface area contributed by atoms with Crippen molar-refractivity contribution in [3.05, 3.63) is 12.2 Å². The van der Waals surface area contributed by atoms with Crippen LogP contribution in [0, 0.1) is 22.7 Å². The van der Waals surface area contributed by atoms with Gasteiger partial charge in [-0.15, -0.1) is 0 Å². The van der Waals surface area contributed by atoms with Crippen molar-refractivity contribution in [3.8, 4) is 0 Å². The van der Waals surface area contributed by atoms with Crippen LogP contribution in [0.25, 0.3) is 0 Å². The molecule has 3 nitrogen and oxygen atoms in total.